The van der Waals surface area contributed by atoms with Crippen molar-refractivity contribution in [3.8, 4) is 0 Å². The number of allylic oxidation sites excluding steroid dienone is 2. The number of ether oxygens (including phenoxy) is 2. The number of fused-ring (bicyclic) bond motifs is 1. The summed E-state index contributed by atoms with van der Waals surface area (Å²) in [6.45, 7) is 0. The van der Waals surface area contributed by atoms with Crippen LogP contribution in [0.5, 0.6) is 0 Å². The van der Waals surface area contributed by atoms with Crippen molar-refractivity contribution in [3.63, 3.8) is 0 Å². The average Bonchev–Trinajstić information content (AvgIpc) is 2.71. The van der Waals surface area contributed by atoms with Gasteiger partial charge >= 0.3 is 5.97 Å². The summed E-state index contributed by atoms with van der Waals surface area (Å²) in [4.78, 5) is 35.5. The lowest BCUT2D eigenvalue weighted by Gasteiger charge is -2.12. The molecular weight excluding hydrogens is 238 g/mol. The quantitative estimate of drug-likeness (QED) is 0.722. The number of aromatic nitrogens is 1. The first-order valence-electron chi connectivity index (χ1n) is 5.13. The van der Waals surface area contributed by atoms with E-state index in [4.69, 9.17) is 4.74 Å². The standard InChI is InChI=1S/C12H11NO5/c1-13-5-6(12(16)18-3)9-7(14)4-8(17-2)11(15)10(9)13/h4-5H,1-3H3. The Hall–Kier alpha value is -2.37. The molecule has 0 saturated heterocycles. The molecule has 0 bridgehead atoms. The minimum Gasteiger partial charge on any atom is -0.492 e. The summed E-state index contributed by atoms with van der Waals surface area (Å²) >= 11 is 0. The van der Waals surface area contributed by atoms with Crippen LogP contribution in [0.15, 0.2) is 18.0 Å². The molecule has 18 heavy (non-hydrogen) atoms. The Bertz CT molecular complexity index is 594. The van der Waals surface area contributed by atoms with Gasteiger partial charge in [0.1, 0.15) is 5.69 Å². The molecule has 0 N–H and O–H groups in total. The van der Waals surface area contributed by atoms with Gasteiger partial charge in [0.25, 0.3) is 0 Å². The third-order valence-corrected chi connectivity index (χ3v) is 2.75. The maximum Gasteiger partial charge on any atom is 0.340 e. The van der Waals surface area contributed by atoms with Crippen molar-refractivity contribution < 1.29 is 23.9 Å². The van der Waals surface area contributed by atoms with Gasteiger partial charge in [-0.3, -0.25) is 9.59 Å². The van der Waals surface area contributed by atoms with Gasteiger partial charge in [0.2, 0.25) is 5.78 Å². The van der Waals surface area contributed by atoms with Gasteiger partial charge in [0, 0.05) is 19.3 Å². The van der Waals surface area contributed by atoms with E-state index < -0.39 is 17.5 Å². The summed E-state index contributed by atoms with van der Waals surface area (Å²) in [6.07, 6.45) is 2.48. The highest BCUT2D eigenvalue weighted by Gasteiger charge is 2.34. The van der Waals surface area contributed by atoms with Crippen molar-refractivity contribution in [2.45, 2.75) is 0 Å². The number of aryl methyl sites for hydroxylation is 1. The highest BCUT2D eigenvalue weighted by atomic mass is 16.5. The number of Topliss-reactive ketones (excluding diaryl/α,β-unsaturated/α-hetero) is 1. The van der Waals surface area contributed by atoms with Crippen molar-refractivity contribution in [1.29, 1.82) is 0 Å². The molecule has 1 aromatic heterocycles. The largest absolute Gasteiger partial charge is 0.492 e. The van der Waals surface area contributed by atoms with Crippen LogP contribution in [0, 0.1) is 0 Å². The molecule has 0 amide bonds. The van der Waals surface area contributed by atoms with Crippen LogP contribution in [-0.2, 0) is 16.5 Å². The van der Waals surface area contributed by atoms with Crippen LogP contribution in [0.1, 0.15) is 31.2 Å². The number of carbonyl (C=O) groups excluding carboxylic acids is 3. The lowest BCUT2D eigenvalue weighted by Crippen LogP contribution is -2.21. The van der Waals surface area contributed by atoms with Crippen molar-refractivity contribution in [2.24, 2.45) is 7.05 Å². The zero-order valence-corrected chi connectivity index (χ0v) is 10.1. The molecular formula is C12H11NO5. The minimum absolute atomic E-state index is 0.0369. The van der Waals surface area contributed by atoms with Gasteiger partial charge in [-0.05, 0) is 0 Å². The first kappa shape index (κ1) is 12.1. The number of carbonyl (C=O) groups is 3. The molecule has 2 rings (SSSR count). The fourth-order valence-electron chi connectivity index (χ4n) is 1.94. The summed E-state index contributed by atoms with van der Waals surface area (Å²) in [5.41, 5.74) is 0.287. The van der Waals surface area contributed by atoms with E-state index in [2.05, 4.69) is 4.74 Å². The van der Waals surface area contributed by atoms with Crippen molar-refractivity contribution >= 4 is 17.5 Å². The molecule has 0 atom stereocenters. The number of hydrogen-bond donors (Lipinski definition) is 0. The van der Waals surface area contributed by atoms with Crippen LogP contribution in [0.25, 0.3) is 0 Å². The van der Waals surface area contributed by atoms with Crippen molar-refractivity contribution in [1.82, 2.24) is 4.57 Å². The van der Waals surface area contributed by atoms with E-state index in [1.54, 1.807) is 7.05 Å². The second-order valence-electron chi connectivity index (χ2n) is 3.77. The predicted molar refractivity (Wildman–Crippen MR) is 60.5 cm³/mol. The molecule has 0 aliphatic heterocycles. The van der Waals surface area contributed by atoms with E-state index in [0.717, 1.165) is 6.08 Å². The van der Waals surface area contributed by atoms with Crippen LogP contribution >= 0.6 is 0 Å². The SMILES string of the molecule is COC(=O)c1cn(C)c2c1C(=O)C=C(OC)C2=O. The molecule has 0 fully saturated rings. The fourth-order valence-corrected chi connectivity index (χ4v) is 1.94. The topological polar surface area (TPSA) is 74.6 Å². The van der Waals surface area contributed by atoms with Gasteiger partial charge in [-0.25, -0.2) is 4.79 Å². The van der Waals surface area contributed by atoms with Crippen LogP contribution in [0.4, 0.5) is 0 Å². The van der Waals surface area contributed by atoms with Gasteiger partial charge in [0.15, 0.2) is 11.5 Å². The van der Waals surface area contributed by atoms with E-state index in [0.29, 0.717) is 0 Å². The third-order valence-electron chi connectivity index (χ3n) is 2.75. The highest BCUT2D eigenvalue weighted by Crippen LogP contribution is 2.26. The average molecular weight is 249 g/mol. The van der Waals surface area contributed by atoms with E-state index in [1.165, 1.54) is 25.0 Å². The fraction of sp³-hybridized carbons (Fsp3) is 0.250. The molecule has 1 aliphatic rings. The monoisotopic (exact) mass is 249 g/mol. The van der Waals surface area contributed by atoms with E-state index in [1.807, 2.05) is 0 Å². The van der Waals surface area contributed by atoms with Gasteiger partial charge < -0.3 is 14.0 Å². The van der Waals surface area contributed by atoms with Crippen LogP contribution in [-0.4, -0.2) is 36.3 Å². The zero-order chi connectivity index (χ0) is 13.4. The summed E-state index contributed by atoms with van der Waals surface area (Å²) < 4.78 is 10.9. The Labute approximate surface area is 103 Å². The van der Waals surface area contributed by atoms with Crippen LogP contribution in [0.3, 0.4) is 0 Å². The second kappa shape index (κ2) is 4.14. The normalized spacial score (nSPS) is 14.1. The lowest BCUT2D eigenvalue weighted by atomic mass is 9.97. The predicted octanol–water partition coefficient (Wildman–Crippen LogP) is 0.721. The summed E-state index contributed by atoms with van der Waals surface area (Å²) in [6, 6.07) is 0. The molecule has 1 aromatic rings. The Morgan fingerprint density at radius 2 is 1.94 bits per heavy atom. The third kappa shape index (κ3) is 1.54. The smallest absolute Gasteiger partial charge is 0.340 e. The first-order valence-corrected chi connectivity index (χ1v) is 5.13. The number of nitrogens with zero attached hydrogens (tertiary/aromatic N) is 1. The highest BCUT2D eigenvalue weighted by molar-refractivity contribution is 6.26. The maximum absolute atomic E-state index is 12.0. The van der Waals surface area contributed by atoms with E-state index >= 15 is 0 Å². The van der Waals surface area contributed by atoms with Gasteiger partial charge in [-0.15, -0.1) is 0 Å². The summed E-state index contributed by atoms with van der Waals surface area (Å²) in [5, 5.41) is 0. The molecule has 1 heterocycles. The number of rotatable bonds is 2. The van der Waals surface area contributed by atoms with Crippen molar-refractivity contribution in [2.75, 3.05) is 14.2 Å². The Morgan fingerprint density at radius 1 is 1.28 bits per heavy atom. The molecule has 0 radical (unpaired) electrons. The van der Waals surface area contributed by atoms with Crippen LogP contribution in [0.2, 0.25) is 0 Å². The van der Waals surface area contributed by atoms with Gasteiger partial charge in [-0.2, -0.15) is 0 Å². The maximum atomic E-state index is 12.0. The summed E-state index contributed by atoms with van der Waals surface area (Å²) in [7, 11) is 4.11. The molecule has 0 saturated carbocycles. The molecule has 0 aromatic carbocycles. The molecule has 0 unspecified atom stereocenters. The molecule has 6 nitrogen and oxygen atoms in total. The molecule has 6 heteroatoms. The Balaban J connectivity index is 2.67. The molecule has 1 aliphatic carbocycles. The van der Waals surface area contributed by atoms with E-state index in [-0.39, 0.29) is 22.6 Å². The number of hydrogen-bond acceptors (Lipinski definition) is 5. The van der Waals surface area contributed by atoms with Gasteiger partial charge in [0.05, 0.1) is 25.3 Å². The zero-order valence-electron chi connectivity index (χ0n) is 10.1. The number of esters is 1. The second-order valence-corrected chi connectivity index (χ2v) is 3.77. The van der Waals surface area contributed by atoms with E-state index in [9.17, 15) is 14.4 Å². The lowest BCUT2D eigenvalue weighted by molar-refractivity contribution is 0.0597. The molecule has 0 spiro atoms. The number of ketones is 2. The van der Waals surface area contributed by atoms with Gasteiger partial charge in [-0.1, -0.05) is 0 Å². The Kier molecular flexibility index (Phi) is 2.78. The molecule has 94 valence electrons. The first-order chi connectivity index (χ1) is 8.51. The minimum atomic E-state index is -0.651. The number of methoxy groups -OCH3 is 2. The Morgan fingerprint density at radius 3 is 2.50 bits per heavy atom. The van der Waals surface area contributed by atoms with Crippen LogP contribution < -0.4 is 0 Å². The van der Waals surface area contributed by atoms with Crippen molar-refractivity contribution in [3.05, 3.63) is 34.9 Å². The summed E-state index contributed by atoms with van der Waals surface area (Å²) in [5.74, 6) is -1.56.